The summed E-state index contributed by atoms with van der Waals surface area (Å²) < 4.78 is 0. The maximum Gasteiger partial charge on any atom is 0.229 e. The Balaban J connectivity index is 2.42. The maximum atomic E-state index is 11.5. The number of hydrogen-bond donors (Lipinski definition) is 1. The predicted octanol–water partition coefficient (Wildman–Crippen LogP) is 1.38. The van der Waals surface area contributed by atoms with E-state index in [2.05, 4.69) is 4.98 Å². The van der Waals surface area contributed by atoms with Crippen LogP contribution in [0.15, 0.2) is 24.4 Å². The molecule has 0 aromatic carbocycles. The van der Waals surface area contributed by atoms with Gasteiger partial charge in [0.25, 0.3) is 0 Å². The first-order valence-corrected chi connectivity index (χ1v) is 4.97. The fraction of sp³-hybridized carbons (Fsp3) is 0.455. The van der Waals surface area contributed by atoms with Gasteiger partial charge in [0.2, 0.25) is 5.91 Å². The molecule has 0 aliphatic heterocycles. The first-order chi connectivity index (χ1) is 6.76. The van der Waals surface area contributed by atoms with Crippen molar-refractivity contribution >= 4 is 5.91 Å². The third-order valence-corrected chi connectivity index (χ3v) is 3.08. The minimum atomic E-state index is -0.485. The van der Waals surface area contributed by atoms with Gasteiger partial charge < -0.3 is 5.73 Å². The van der Waals surface area contributed by atoms with E-state index in [1.54, 1.807) is 6.20 Å². The number of nitrogens with two attached hydrogens (primary N) is 1. The van der Waals surface area contributed by atoms with Crippen molar-refractivity contribution in [1.82, 2.24) is 4.98 Å². The molecule has 74 valence electrons. The van der Waals surface area contributed by atoms with E-state index in [0.717, 1.165) is 31.4 Å². The van der Waals surface area contributed by atoms with Crippen LogP contribution in [0.1, 0.15) is 31.4 Å². The van der Waals surface area contributed by atoms with Gasteiger partial charge in [-0.1, -0.05) is 18.9 Å². The quantitative estimate of drug-likeness (QED) is 0.765. The van der Waals surface area contributed by atoms with E-state index in [-0.39, 0.29) is 5.91 Å². The van der Waals surface area contributed by atoms with E-state index in [1.807, 2.05) is 18.2 Å². The van der Waals surface area contributed by atoms with Crippen molar-refractivity contribution in [3.8, 4) is 0 Å². The lowest BCUT2D eigenvalue weighted by Crippen LogP contribution is -2.39. The zero-order chi connectivity index (χ0) is 10.0. The van der Waals surface area contributed by atoms with Crippen molar-refractivity contribution in [2.45, 2.75) is 31.1 Å². The SMILES string of the molecule is NC(=O)C1(c2ccccn2)CCCC1. The summed E-state index contributed by atoms with van der Waals surface area (Å²) in [6.07, 6.45) is 5.55. The summed E-state index contributed by atoms with van der Waals surface area (Å²) >= 11 is 0. The molecular formula is C11H14N2O. The molecule has 0 radical (unpaired) electrons. The average Bonchev–Trinajstić information content (AvgIpc) is 2.69. The number of hydrogen-bond acceptors (Lipinski definition) is 2. The van der Waals surface area contributed by atoms with E-state index in [0.29, 0.717) is 0 Å². The number of aromatic nitrogens is 1. The number of carbonyl (C=O) groups is 1. The Labute approximate surface area is 83.3 Å². The fourth-order valence-corrected chi connectivity index (χ4v) is 2.25. The monoisotopic (exact) mass is 190 g/mol. The predicted molar refractivity (Wildman–Crippen MR) is 53.6 cm³/mol. The maximum absolute atomic E-state index is 11.5. The summed E-state index contributed by atoms with van der Waals surface area (Å²) in [7, 11) is 0. The van der Waals surface area contributed by atoms with E-state index in [9.17, 15) is 4.79 Å². The van der Waals surface area contributed by atoms with Crippen LogP contribution in [0.3, 0.4) is 0 Å². The molecule has 0 atom stereocenters. The van der Waals surface area contributed by atoms with Gasteiger partial charge in [-0.2, -0.15) is 0 Å². The number of carbonyl (C=O) groups excluding carboxylic acids is 1. The summed E-state index contributed by atoms with van der Waals surface area (Å²) in [5.74, 6) is -0.228. The summed E-state index contributed by atoms with van der Waals surface area (Å²) in [6, 6.07) is 5.66. The standard InChI is InChI=1S/C11H14N2O/c12-10(14)11(6-2-3-7-11)9-5-1-4-8-13-9/h1,4-5,8H,2-3,6-7H2,(H2,12,14). The van der Waals surface area contributed by atoms with E-state index in [4.69, 9.17) is 5.73 Å². The molecule has 1 amide bonds. The molecule has 1 aromatic rings. The van der Waals surface area contributed by atoms with Crippen molar-refractivity contribution in [2.24, 2.45) is 5.73 Å². The molecule has 0 spiro atoms. The highest BCUT2D eigenvalue weighted by Gasteiger charge is 2.42. The third-order valence-electron chi connectivity index (χ3n) is 3.08. The third kappa shape index (κ3) is 1.29. The Hall–Kier alpha value is -1.38. The van der Waals surface area contributed by atoms with Crippen LogP contribution in [-0.2, 0) is 10.2 Å². The fourth-order valence-electron chi connectivity index (χ4n) is 2.25. The molecule has 3 heteroatoms. The van der Waals surface area contributed by atoms with Gasteiger partial charge >= 0.3 is 0 Å². The molecule has 14 heavy (non-hydrogen) atoms. The highest BCUT2D eigenvalue weighted by molar-refractivity contribution is 5.86. The Morgan fingerprint density at radius 2 is 2.07 bits per heavy atom. The molecule has 1 aliphatic rings. The Bertz CT molecular complexity index is 328. The van der Waals surface area contributed by atoms with Gasteiger partial charge in [-0.15, -0.1) is 0 Å². The van der Waals surface area contributed by atoms with Crippen LogP contribution in [0.2, 0.25) is 0 Å². The number of amides is 1. The van der Waals surface area contributed by atoms with Crippen LogP contribution in [0, 0.1) is 0 Å². The lowest BCUT2D eigenvalue weighted by Gasteiger charge is -2.23. The summed E-state index contributed by atoms with van der Waals surface area (Å²) in [6.45, 7) is 0. The molecule has 0 saturated heterocycles. The van der Waals surface area contributed by atoms with Crippen molar-refractivity contribution in [3.05, 3.63) is 30.1 Å². The van der Waals surface area contributed by atoms with Gasteiger partial charge in [0.1, 0.15) is 0 Å². The first kappa shape index (κ1) is 9.19. The highest BCUT2D eigenvalue weighted by Crippen LogP contribution is 2.39. The Morgan fingerprint density at radius 3 is 2.57 bits per heavy atom. The highest BCUT2D eigenvalue weighted by atomic mass is 16.1. The number of nitrogens with zero attached hydrogens (tertiary/aromatic N) is 1. The molecule has 1 aromatic heterocycles. The Kier molecular flexibility index (Phi) is 2.23. The second-order valence-electron chi connectivity index (χ2n) is 3.87. The van der Waals surface area contributed by atoms with Crippen LogP contribution in [-0.4, -0.2) is 10.9 Å². The summed E-state index contributed by atoms with van der Waals surface area (Å²) in [5, 5.41) is 0. The zero-order valence-corrected chi connectivity index (χ0v) is 8.07. The normalized spacial score (nSPS) is 19.4. The molecule has 1 fully saturated rings. The zero-order valence-electron chi connectivity index (χ0n) is 8.07. The largest absolute Gasteiger partial charge is 0.369 e. The van der Waals surface area contributed by atoms with E-state index in [1.165, 1.54) is 0 Å². The van der Waals surface area contributed by atoms with Crippen molar-refractivity contribution in [1.29, 1.82) is 0 Å². The molecule has 1 saturated carbocycles. The molecule has 2 N–H and O–H groups in total. The van der Waals surface area contributed by atoms with Crippen LogP contribution in [0.25, 0.3) is 0 Å². The first-order valence-electron chi connectivity index (χ1n) is 4.97. The van der Waals surface area contributed by atoms with Gasteiger partial charge in [-0.05, 0) is 25.0 Å². The molecule has 3 nitrogen and oxygen atoms in total. The smallest absolute Gasteiger partial charge is 0.229 e. The number of primary amides is 1. The molecule has 1 aliphatic carbocycles. The van der Waals surface area contributed by atoms with Crippen LogP contribution < -0.4 is 5.73 Å². The molecule has 2 rings (SSSR count). The van der Waals surface area contributed by atoms with Gasteiger partial charge in [0.05, 0.1) is 11.1 Å². The molecular weight excluding hydrogens is 176 g/mol. The van der Waals surface area contributed by atoms with Crippen LogP contribution >= 0.6 is 0 Å². The average molecular weight is 190 g/mol. The summed E-state index contributed by atoms with van der Waals surface area (Å²) in [4.78, 5) is 15.8. The molecule has 0 bridgehead atoms. The number of pyridine rings is 1. The van der Waals surface area contributed by atoms with Crippen molar-refractivity contribution < 1.29 is 4.79 Å². The topological polar surface area (TPSA) is 56.0 Å². The second kappa shape index (κ2) is 3.40. The minimum absolute atomic E-state index is 0.228. The number of rotatable bonds is 2. The minimum Gasteiger partial charge on any atom is -0.369 e. The van der Waals surface area contributed by atoms with Crippen LogP contribution in [0.4, 0.5) is 0 Å². The Morgan fingerprint density at radius 1 is 1.36 bits per heavy atom. The van der Waals surface area contributed by atoms with Gasteiger partial charge in [0.15, 0.2) is 0 Å². The lowest BCUT2D eigenvalue weighted by atomic mass is 9.81. The van der Waals surface area contributed by atoms with Gasteiger partial charge in [0, 0.05) is 6.20 Å². The van der Waals surface area contributed by atoms with E-state index < -0.39 is 5.41 Å². The van der Waals surface area contributed by atoms with Gasteiger partial charge in [-0.25, -0.2) is 0 Å². The lowest BCUT2D eigenvalue weighted by molar-refractivity contribution is -0.123. The molecule has 1 heterocycles. The van der Waals surface area contributed by atoms with Crippen LogP contribution in [0.5, 0.6) is 0 Å². The van der Waals surface area contributed by atoms with Crippen molar-refractivity contribution in [3.63, 3.8) is 0 Å². The van der Waals surface area contributed by atoms with E-state index >= 15 is 0 Å². The van der Waals surface area contributed by atoms with Gasteiger partial charge in [-0.3, -0.25) is 9.78 Å². The summed E-state index contributed by atoms with van der Waals surface area (Å²) in [5.41, 5.74) is 5.84. The molecule has 0 unspecified atom stereocenters. The second-order valence-corrected chi connectivity index (χ2v) is 3.87. The van der Waals surface area contributed by atoms with Crippen molar-refractivity contribution in [2.75, 3.05) is 0 Å².